The van der Waals surface area contributed by atoms with Crippen molar-refractivity contribution in [3.05, 3.63) is 0 Å². The molecule has 4 heteroatoms. The Morgan fingerprint density at radius 3 is 2.25 bits per heavy atom. The van der Waals surface area contributed by atoms with E-state index in [-0.39, 0.29) is 12.3 Å². The van der Waals surface area contributed by atoms with Gasteiger partial charge < -0.3 is 5.11 Å². The molecule has 0 heterocycles. The average Bonchev–Trinajstić information content (AvgIpc) is 2.64. The Bertz CT molecular complexity index is 437. The maximum atomic E-state index is 12.9. The predicted octanol–water partition coefficient (Wildman–Crippen LogP) is 4.25. The van der Waals surface area contributed by atoms with Gasteiger partial charge in [0.1, 0.15) is 0 Å². The van der Waals surface area contributed by atoms with E-state index < -0.39 is 11.8 Å². The molecular weight excluding hydrogens is 265 g/mol. The van der Waals surface area contributed by atoms with E-state index in [0.29, 0.717) is 34.5 Å². The molecule has 3 aliphatic rings. The SMILES string of the molecule is CC(C)C1C2C(CC(C)(O)C(F)(F)F)CC23C1C3(C)C. The average molecular weight is 290 g/mol. The van der Waals surface area contributed by atoms with Gasteiger partial charge in [-0.3, -0.25) is 0 Å². The summed E-state index contributed by atoms with van der Waals surface area (Å²) in [6, 6.07) is 0. The van der Waals surface area contributed by atoms with E-state index >= 15 is 0 Å². The zero-order valence-corrected chi connectivity index (χ0v) is 12.9. The molecule has 1 spiro atoms. The number of hydrogen-bond donors (Lipinski definition) is 1. The summed E-state index contributed by atoms with van der Waals surface area (Å²) >= 11 is 0. The van der Waals surface area contributed by atoms with Gasteiger partial charge in [0.15, 0.2) is 5.60 Å². The van der Waals surface area contributed by atoms with Crippen LogP contribution in [-0.4, -0.2) is 16.9 Å². The second kappa shape index (κ2) is 3.56. The highest BCUT2D eigenvalue weighted by molar-refractivity contribution is 5.37. The molecule has 0 aromatic heterocycles. The number of alkyl halides is 3. The van der Waals surface area contributed by atoms with Crippen LogP contribution in [0.2, 0.25) is 0 Å². The Balaban J connectivity index is 1.75. The van der Waals surface area contributed by atoms with E-state index in [1.807, 2.05) is 0 Å². The Morgan fingerprint density at radius 2 is 1.80 bits per heavy atom. The van der Waals surface area contributed by atoms with Crippen molar-refractivity contribution in [2.45, 2.75) is 59.2 Å². The van der Waals surface area contributed by atoms with Gasteiger partial charge in [-0.25, -0.2) is 0 Å². The van der Waals surface area contributed by atoms with E-state index in [0.717, 1.165) is 13.3 Å². The van der Waals surface area contributed by atoms with E-state index in [1.165, 1.54) is 0 Å². The normalized spacial score (nSPS) is 47.7. The molecule has 3 rings (SSSR count). The van der Waals surface area contributed by atoms with Gasteiger partial charge in [-0.05, 0) is 60.2 Å². The van der Waals surface area contributed by atoms with Gasteiger partial charge >= 0.3 is 6.18 Å². The summed E-state index contributed by atoms with van der Waals surface area (Å²) in [5, 5.41) is 9.74. The standard InChI is InChI=1S/C16H25F3O/c1-8(2)10-11-9(6-14(5,20)16(17,18)19)7-15(11)12(10)13(15,3)4/h8-12,20H,6-7H2,1-5H3. The van der Waals surface area contributed by atoms with Crippen molar-refractivity contribution in [3.8, 4) is 0 Å². The van der Waals surface area contributed by atoms with Gasteiger partial charge in [-0.2, -0.15) is 13.2 Å². The molecule has 0 amide bonds. The van der Waals surface area contributed by atoms with Crippen molar-refractivity contribution in [3.63, 3.8) is 0 Å². The molecule has 1 nitrogen and oxygen atoms in total. The molecule has 0 radical (unpaired) electrons. The van der Waals surface area contributed by atoms with Crippen molar-refractivity contribution < 1.29 is 18.3 Å². The van der Waals surface area contributed by atoms with Gasteiger partial charge in [-0.1, -0.05) is 27.7 Å². The third kappa shape index (κ3) is 1.39. The molecule has 0 aromatic carbocycles. The summed E-state index contributed by atoms with van der Waals surface area (Å²) in [6.45, 7) is 9.83. The van der Waals surface area contributed by atoms with E-state index in [1.54, 1.807) is 0 Å². The highest BCUT2D eigenvalue weighted by Crippen LogP contribution is 2.94. The summed E-state index contributed by atoms with van der Waals surface area (Å²) in [4.78, 5) is 0. The molecule has 0 aliphatic heterocycles. The quantitative estimate of drug-likeness (QED) is 0.823. The minimum atomic E-state index is -4.52. The van der Waals surface area contributed by atoms with Crippen LogP contribution >= 0.6 is 0 Å². The zero-order valence-electron chi connectivity index (χ0n) is 12.9. The molecule has 6 atom stereocenters. The molecular formula is C16H25F3O. The van der Waals surface area contributed by atoms with Crippen molar-refractivity contribution in [1.82, 2.24) is 0 Å². The predicted molar refractivity (Wildman–Crippen MR) is 70.9 cm³/mol. The second-order valence-corrected chi connectivity index (χ2v) is 8.53. The highest BCUT2D eigenvalue weighted by Gasteiger charge is 2.90. The maximum absolute atomic E-state index is 12.9. The minimum Gasteiger partial charge on any atom is -0.381 e. The van der Waals surface area contributed by atoms with Crippen LogP contribution < -0.4 is 0 Å². The zero-order chi connectivity index (χ0) is 15.3. The largest absolute Gasteiger partial charge is 0.416 e. The van der Waals surface area contributed by atoms with Crippen LogP contribution in [0.3, 0.4) is 0 Å². The molecule has 6 unspecified atom stereocenters. The lowest BCUT2D eigenvalue weighted by molar-refractivity contribution is -0.271. The van der Waals surface area contributed by atoms with E-state index in [9.17, 15) is 18.3 Å². The van der Waals surface area contributed by atoms with Gasteiger partial charge in [0, 0.05) is 0 Å². The molecule has 3 fully saturated rings. The first-order valence-electron chi connectivity index (χ1n) is 7.67. The number of aliphatic hydroxyl groups is 1. The lowest BCUT2D eigenvalue weighted by Gasteiger charge is -2.61. The van der Waals surface area contributed by atoms with Crippen molar-refractivity contribution in [2.24, 2.45) is 40.4 Å². The third-order valence-corrected chi connectivity index (χ3v) is 6.99. The highest BCUT2D eigenvalue weighted by atomic mass is 19.4. The third-order valence-electron chi connectivity index (χ3n) is 6.99. The molecule has 0 aromatic rings. The first-order valence-corrected chi connectivity index (χ1v) is 7.67. The van der Waals surface area contributed by atoms with E-state index in [4.69, 9.17) is 0 Å². The fourth-order valence-corrected chi connectivity index (χ4v) is 6.11. The summed E-state index contributed by atoms with van der Waals surface area (Å²) in [6.07, 6.45) is -3.77. The van der Waals surface area contributed by atoms with Crippen LogP contribution in [0.4, 0.5) is 13.2 Å². The number of halogens is 3. The summed E-state index contributed by atoms with van der Waals surface area (Å²) in [5.74, 6) is 2.21. The number of hydrogen-bond acceptors (Lipinski definition) is 1. The molecule has 116 valence electrons. The fourth-order valence-electron chi connectivity index (χ4n) is 6.11. The monoisotopic (exact) mass is 290 g/mol. The topological polar surface area (TPSA) is 20.2 Å². The summed E-state index contributed by atoms with van der Waals surface area (Å²) in [7, 11) is 0. The van der Waals surface area contributed by atoms with Crippen LogP contribution in [0, 0.1) is 40.4 Å². The van der Waals surface area contributed by atoms with Crippen molar-refractivity contribution in [1.29, 1.82) is 0 Å². The molecule has 0 saturated heterocycles. The first-order chi connectivity index (χ1) is 8.88. The number of rotatable bonds is 3. The van der Waals surface area contributed by atoms with Gasteiger partial charge in [0.2, 0.25) is 0 Å². The van der Waals surface area contributed by atoms with Crippen LogP contribution in [0.5, 0.6) is 0 Å². The van der Waals surface area contributed by atoms with Crippen LogP contribution in [-0.2, 0) is 0 Å². The Labute approximate surface area is 118 Å². The first kappa shape index (κ1) is 14.7. The molecule has 3 aliphatic carbocycles. The molecule has 20 heavy (non-hydrogen) atoms. The van der Waals surface area contributed by atoms with Crippen molar-refractivity contribution >= 4 is 0 Å². The smallest absolute Gasteiger partial charge is 0.381 e. The molecule has 1 N–H and O–H groups in total. The lowest BCUT2D eigenvalue weighted by atomic mass is 9.43. The van der Waals surface area contributed by atoms with Gasteiger partial charge in [0.05, 0.1) is 0 Å². The van der Waals surface area contributed by atoms with Crippen LogP contribution in [0.25, 0.3) is 0 Å². The summed E-state index contributed by atoms with van der Waals surface area (Å²) in [5.41, 5.74) is -1.92. The van der Waals surface area contributed by atoms with E-state index in [2.05, 4.69) is 27.7 Å². The minimum absolute atomic E-state index is 0.0389. The van der Waals surface area contributed by atoms with Crippen LogP contribution in [0.1, 0.15) is 47.5 Å². The Kier molecular flexibility index (Phi) is 2.61. The van der Waals surface area contributed by atoms with Gasteiger partial charge in [0.25, 0.3) is 0 Å². The van der Waals surface area contributed by atoms with Gasteiger partial charge in [-0.15, -0.1) is 0 Å². The Hall–Kier alpha value is -0.250. The summed E-state index contributed by atoms with van der Waals surface area (Å²) < 4.78 is 38.6. The molecule has 0 bridgehead atoms. The fraction of sp³-hybridized carbons (Fsp3) is 1.00. The second-order valence-electron chi connectivity index (χ2n) is 8.53. The van der Waals surface area contributed by atoms with Crippen LogP contribution in [0.15, 0.2) is 0 Å². The lowest BCUT2D eigenvalue weighted by Crippen LogP contribution is -2.58. The maximum Gasteiger partial charge on any atom is 0.416 e. The van der Waals surface area contributed by atoms with Crippen molar-refractivity contribution in [2.75, 3.05) is 0 Å². The Morgan fingerprint density at radius 1 is 1.25 bits per heavy atom. The molecule has 3 saturated carbocycles.